The third-order valence-corrected chi connectivity index (χ3v) is 6.03. The zero-order valence-electron chi connectivity index (χ0n) is 21.7. The molecule has 3 atom stereocenters. The lowest BCUT2D eigenvalue weighted by Gasteiger charge is -2.34. The summed E-state index contributed by atoms with van der Waals surface area (Å²) >= 11 is 0. The van der Waals surface area contributed by atoms with Crippen LogP contribution in [0.1, 0.15) is 57.6 Å². The van der Waals surface area contributed by atoms with E-state index in [1.54, 1.807) is 0 Å². The lowest BCUT2D eigenvalue weighted by atomic mass is 10.1. The molecule has 0 radical (unpaired) electrons. The van der Waals surface area contributed by atoms with Crippen LogP contribution >= 0.6 is 0 Å². The Morgan fingerprint density at radius 1 is 1.06 bits per heavy atom. The standard InChI is InChI=1S/C29H42N2O4/c1-29(2,3)35-28(32)25(22-34-27-17-11-12-20-33-27)30-26(19-18-23-13-7-5-8-14-23)31(4)21-24-15-9-6-10-16-24/h5-10,13-16,25-27,30H,11-12,17-22H2,1-4H3/t25-,26-,27-/m0/s1. The molecule has 2 aromatic carbocycles. The number of nitrogens with zero attached hydrogens (tertiary/aromatic N) is 1. The maximum Gasteiger partial charge on any atom is 0.326 e. The van der Waals surface area contributed by atoms with Crippen molar-refractivity contribution in [2.45, 2.75) is 83.5 Å². The number of hydrogen-bond donors (Lipinski definition) is 1. The van der Waals surface area contributed by atoms with E-state index in [-0.39, 0.29) is 25.0 Å². The fourth-order valence-corrected chi connectivity index (χ4v) is 4.20. The van der Waals surface area contributed by atoms with Gasteiger partial charge in [-0.2, -0.15) is 0 Å². The molecule has 2 aromatic rings. The van der Waals surface area contributed by atoms with E-state index in [4.69, 9.17) is 14.2 Å². The van der Waals surface area contributed by atoms with Crippen molar-refractivity contribution in [3.8, 4) is 0 Å². The Morgan fingerprint density at radius 3 is 2.31 bits per heavy atom. The van der Waals surface area contributed by atoms with Crippen LogP contribution in [-0.2, 0) is 32.0 Å². The first-order chi connectivity index (χ1) is 16.8. The molecule has 0 spiro atoms. The Balaban J connectivity index is 1.73. The van der Waals surface area contributed by atoms with Crippen LogP contribution in [0.2, 0.25) is 0 Å². The maximum atomic E-state index is 13.2. The van der Waals surface area contributed by atoms with Gasteiger partial charge in [-0.3, -0.25) is 15.0 Å². The summed E-state index contributed by atoms with van der Waals surface area (Å²) in [5, 5.41) is 3.58. The number of nitrogens with one attached hydrogen (secondary N) is 1. The van der Waals surface area contributed by atoms with Crippen LogP contribution in [0.3, 0.4) is 0 Å². The van der Waals surface area contributed by atoms with Crippen LogP contribution in [0.4, 0.5) is 0 Å². The highest BCUT2D eigenvalue weighted by atomic mass is 16.7. The quantitative estimate of drug-likeness (QED) is 0.342. The Hall–Kier alpha value is -2.25. The van der Waals surface area contributed by atoms with E-state index in [1.807, 2.05) is 32.9 Å². The first kappa shape index (κ1) is 27.3. The number of carbonyl (C=O) groups excluding carboxylic acids is 1. The topological polar surface area (TPSA) is 60.0 Å². The van der Waals surface area contributed by atoms with E-state index in [1.165, 1.54) is 11.1 Å². The summed E-state index contributed by atoms with van der Waals surface area (Å²) in [6.07, 6.45) is 4.40. The molecule has 192 valence electrons. The van der Waals surface area contributed by atoms with Crippen molar-refractivity contribution in [3.63, 3.8) is 0 Å². The second-order valence-corrected chi connectivity index (χ2v) is 10.3. The van der Waals surface area contributed by atoms with Gasteiger partial charge in [0.05, 0.1) is 12.8 Å². The van der Waals surface area contributed by atoms with Crippen molar-refractivity contribution in [1.82, 2.24) is 10.2 Å². The van der Waals surface area contributed by atoms with Crippen LogP contribution in [-0.4, -0.2) is 55.2 Å². The van der Waals surface area contributed by atoms with E-state index >= 15 is 0 Å². The minimum atomic E-state index is -0.598. The highest BCUT2D eigenvalue weighted by Gasteiger charge is 2.30. The first-order valence-corrected chi connectivity index (χ1v) is 12.8. The summed E-state index contributed by atoms with van der Waals surface area (Å²) in [6, 6.07) is 20.2. The molecule has 0 aromatic heterocycles. The lowest BCUT2D eigenvalue weighted by molar-refractivity contribution is -0.179. The molecule has 1 saturated heterocycles. The van der Waals surface area contributed by atoms with Crippen LogP contribution < -0.4 is 5.32 Å². The van der Waals surface area contributed by atoms with E-state index < -0.39 is 11.6 Å². The second-order valence-electron chi connectivity index (χ2n) is 10.3. The van der Waals surface area contributed by atoms with Crippen molar-refractivity contribution in [2.24, 2.45) is 0 Å². The highest BCUT2D eigenvalue weighted by Crippen LogP contribution is 2.17. The Kier molecular flexibility index (Phi) is 10.7. The minimum absolute atomic E-state index is 0.0520. The highest BCUT2D eigenvalue weighted by molar-refractivity contribution is 5.76. The zero-order chi connectivity index (χ0) is 25.1. The van der Waals surface area contributed by atoms with Gasteiger partial charge in [0.15, 0.2) is 6.29 Å². The number of benzene rings is 2. The molecule has 6 nitrogen and oxygen atoms in total. The molecule has 1 heterocycles. The average molecular weight is 483 g/mol. The first-order valence-electron chi connectivity index (χ1n) is 12.8. The third kappa shape index (κ3) is 10.1. The van der Waals surface area contributed by atoms with Gasteiger partial charge in [-0.15, -0.1) is 0 Å². The van der Waals surface area contributed by atoms with Gasteiger partial charge < -0.3 is 14.2 Å². The van der Waals surface area contributed by atoms with Gasteiger partial charge in [0.2, 0.25) is 0 Å². The van der Waals surface area contributed by atoms with Gasteiger partial charge in [-0.25, -0.2) is 0 Å². The zero-order valence-corrected chi connectivity index (χ0v) is 21.7. The summed E-state index contributed by atoms with van der Waals surface area (Å²) in [4.78, 5) is 15.5. The largest absolute Gasteiger partial charge is 0.459 e. The maximum absolute atomic E-state index is 13.2. The molecule has 0 amide bonds. The van der Waals surface area contributed by atoms with Gasteiger partial charge in [0.1, 0.15) is 11.6 Å². The number of carbonyl (C=O) groups is 1. The summed E-state index contributed by atoms with van der Waals surface area (Å²) in [5.74, 6) is -0.300. The summed E-state index contributed by atoms with van der Waals surface area (Å²) < 4.78 is 17.5. The average Bonchev–Trinajstić information content (AvgIpc) is 2.84. The van der Waals surface area contributed by atoms with Gasteiger partial charge in [0, 0.05) is 13.2 Å². The Bertz CT molecular complexity index is 863. The number of esters is 1. The number of hydrogen-bond acceptors (Lipinski definition) is 6. The Morgan fingerprint density at radius 2 is 1.71 bits per heavy atom. The SMILES string of the molecule is CN(Cc1ccccc1)[C@@H](CCc1ccccc1)N[C@@H](CO[C@H]1CCCCO1)C(=O)OC(C)(C)C. The van der Waals surface area contributed by atoms with Gasteiger partial charge in [0.25, 0.3) is 0 Å². The van der Waals surface area contributed by atoms with E-state index in [0.29, 0.717) is 6.61 Å². The van der Waals surface area contributed by atoms with Crippen molar-refractivity contribution >= 4 is 5.97 Å². The molecule has 1 aliphatic heterocycles. The van der Waals surface area contributed by atoms with E-state index in [9.17, 15) is 4.79 Å². The summed E-state index contributed by atoms with van der Waals surface area (Å²) in [6.45, 7) is 7.35. The van der Waals surface area contributed by atoms with Crippen molar-refractivity contribution < 1.29 is 19.0 Å². The molecule has 0 unspecified atom stereocenters. The van der Waals surface area contributed by atoms with E-state index in [0.717, 1.165) is 38.6 Å². The summed E-state index contributed by atoms with van der Waals surface area (Å²) in [5.41, 5.74) is 1.92. The predicted octanol–water partition coefficient (Wildman–Crippen LogP) is 4.92. The number of ether oxygens (including phenoxy) is 3. The van der Waals surface area contributed by atoms with Crippen molar-refractivity contribution in [3.05, 3.63) is 71.8 Å². The molecule has 0 saturated carbocycles. The number of rotatable bonds is 12. The molecule has 35 heavy (non-hydrogen) atoms. The summed E-state index contributed by atoms with van der Waals surface area (Å²) in [7, 11) is 2.09. The van der Waals surface area contributed by atoms with Gasteiger partial charge in [-0.05, 0) is 71.0 Å². The van der Waals surface area contributed by atoms with Crippen LogP contribution in [0, 0.1) is 0 Å². The second kappa shape index (κ2) is 13.7. The third-order valence-electron chi connectivity index (χ3n) is 6.03. The monoisotopic (exact) mass is 482 g/mol. The van der Waals surface area contributed by atoms with Crippen LogP contribution in [0.5, 0.6) is 0 Å². The molecule has 0 bridgehead atoms. The molecule has 1 N–H and O–H groups in total. The smallest absolute Gasteiger partial charge is 0.326 e. The van der Waals surface area contributed by atoms with E-state index in [2.05, 4.69) is 65.8 Å². The van der Waals surface area contributed by atoms with Gasteiger partial charge in [-0.1, -0.05) is 60.7 Å². The molecule has 1 aliphatic rings. The molecule has 0 aliphatic carbocycles. The van der Waals surface area contributed by atoms with Crippen LogP contribution in [0.25, 0.3) is 0 Å². The fraction of sp³-hybridized carbons (Fsp3) is 0.552. The van der Waals surface area contributed by atoms with Crippen LogP contribution in [0.15, 0.2) is 60.7 Å². The molecule has 3 rings (SSSR count). The molecule has 1 fully saturated rings. The molecule has 6 heteroatoms. The molecular formula is C29H42N2O4. The predicted molar refractivity (Wildman–Crippen MR) is 139 cm³/mol. The Labute approximate surface area is 210 Å². The fourth-order valence-electron chi connectivity index (χ4n) is 4.20. The normalized spacial score (nSPS) is 18.3. The van der Waals surface area contributed by atoms with Gasteiger partial charge >= 0.3 is 5.97 Å². The lowest BCUT2D eigenvalue weighted by Crippen LogP contribution is -2.54. The number of aryl methyl sites for hydroxylation is 1. The minimum Gasteiger partial charge on any atom is -0.459 e. The molecular weight excluding hydrogens is 440 g/mol. The van der Waals surface area contributed by atoms with Crippen molar-refractivity contribution in [2.75, 3.05) is 20.3 Å². The van der Waals surface area contributed by atoms with Crippen molar-refractivity contribution in [1.29, 1.82) is 0 Å².